The van der Waals surface area contributed by atoms with Crippen molar-refractivity contribution >= 4 is 5.82 Å². The van der Waals surface area contributed by atoms with E-state index in [2.05, 4.69) is 6.92 Å². The Morgan fingerprint density at radius 1 is 0.923 bits per heavy atom. The molecule has 0 N–H and O–H groups in total. The molecular weight excluding hydrogens is 328 g/mol. The average Bonchev–Trinajstić information content (AvgIpc) is 2.63. The van der Waals surface area contributed by atoms with Crippen LogP contribution in [0.15, 0.2) is 6.07 Å². The molecule has 0 saturated heterocycles. The van der Waals surface area contributed by atoms with Crippen LogP contribution in [0.1, 0.15) is 62.6 Å². The molecule has 5 heteroatoms. The summed E-state index contributed by atoms with van der Waals surface area (Å²) in [6, 6.07) is 2.01. The van der Waals surface area contributed by atoms with Gasteiger partial charge in [0.1, 0.15) is 18.4 Å². The second-order valence-corrected chi connectivity index (χ2v) is 7.04. The molecule has 5 nitrogen and oxygen atoms in total. The van der Waals surface area contributed by atoms with Crippen molar-refractivity contribution in [1.29, 1.82) is 0 Å². The van der Waals surface area contributed by atoms with Gasteiger partial charge < -0.3 is 19.1 Å². The monoisotopic (exact) mass is 366 g/mol. The third kappa shape index (κ3) is 8.86. The first-order valence-corrected chi connectivity index (χ1v) is 9.88. The Balaban J connectivity index is 2.17. The zero-order chi connectivity index (χ0) is 19.2. The first-order valence-electron chi connectivity index (χ1n) is 9.88. The zero-order valence-electron chi connectivity index (χ0n) is 17.5. The number of hydrogen-bond acceptors (Lipinski definition) is 5. The molecule has 1 aromatic rings. The van der Waals surface area contributed by atoms with E-state index in [1.807, 2.05) is 25.1 Å². The van der Waals surface area contributed by atoms with Crippen LogP contribution in [-0.2, 0) is 15.9 Å². The number of rotatable bonds is 15. The van der Waals surface area contributed by atoms with E-state index in [9.17, 15) is 0 Å². The molecule has 0 aliphatic rings. The first kappa shape index (κ1) is 22.7. The molecule has 150 valence electrons. The summed E-state index contributed by atoms with van der Waals surface area (Å²) in [5, 5.41) is 0. The lowest BCUT2D eigenvalue weighted by atomic mass is 10.0. The van der Waals surface area contributed by atoms with Gasteiger partial charge in [-0.1, -0.05) is 38.5 Å². The minimum atomic E-state index is 0.414. The molecule has 1 heterocycles. The number of pyridine rings is 1. The number of nitrogens with zero attached hydrogens (tertiary/aromatic N) is 2. The second kappa shape index (κ2) is 13.8. The Morgan fingerprint density at radius 2 is 1.54 bits per heavy atom. The number of aryl methyl sites for hydroxylation is 1. The van der Waals surface area contributed by atoms with Crippen LogP contribution in [0, 0.1) is 6.92 Å². The first-order chi connectivity index (χ1) is 12.6. The zero-order valence-corrected chi connectivity index (χ0v) is 17.5. The molecule has 0 bridgehead atoms. The second-order valence-electron chi connectivity index (χ2n) is 7.04. The van der Waals surface area contributed by atoms with Crippen LogP contribution < -0.4 is 9.64 Å². The molecule has 0 radical (unpaired) electrons. The third-order valence-electron chi connectivity index (χ3n) is 4.64. The normalized spacial score (nSPS) is 11.0. The van der Waals surface area contributed by atoms with Crippen molar-refractivity contribution < 1.29 is 14.2 Å². The van der Waals surface area contributed by atoms with Gasteiger partial charge in [-0.25, -0.2) is 4.98 Å². The highest BCUT2D eigenvalue weighted by Gasteiger charge is 2.10. The SMILES string of the molecule is COCOCCCCCCCCCCc1nc(N(C)C)cc(OC)c1C. The lowest BCUT2D eigenvalue weighted by molar-refractivity contribution is -0.0315. The van der Waals surface area contributed by atoms with Crippen LogP contribution in [0.5, 0.6) is 5.75 Å². The van der Waals surface area contributed by atoms with Gasteiger partial charge in [0.15, 0.2) is 0 Å². The molecule has 0 atom stereocenters. The van der Waals surface area contributed by atoms with E-state index in [1.165, 1.54) is 56.2 Å². The minimum Gasteiger partial charge on any atom is -0.496 e. The minimum absolute atomic E-state index is 0.414. The molecular formula is C21H38N2O3. The maximum atomic E-state index is 5.51. The number of aromatic nitrogens is 1. The largest absolute Gasteiger partial charge is 0.496 e. The van der Waals surface area contributed by atoms with Crippen molar-refractivity contribution in [3.63, 3.8) is 0 Å². The van der Waals surface area contributed by atoms with Crippen LogP contribution in [0.25, 0.3) is 0 Å². The van der Waals surface area contributed by atoms with Gasteiger partial charge in [-0.2, -0.15) is 0 Å². The van der Waals surface area contributed by atoms with Gasteiger partial charge in [-0.05, 0) is 26.2 Å². The van der Waals surface area contributed by atoms with Crippen molar-refractivity contribution in [2.24, 2.45) is 0 Å². The van der Waals surface area contributed by atoms with Gasteiger partial charge in [-0.15, -0.1) is 0 Å². The van der Waals surface area contributed by atoms with E-state index in [4.69, 9.17) is 19.2 Å². The van der Waals surface area contributed by atoms with Crippen molar-refractivity contribution in [3.05, 3.63) is 17.3 Å². The van der Waals surface area contributed by atoms with E-state index in [1.54, 1.807) is 14.2 Å². The van der Waals surface area contributed by atoms with E-state index in [-0.39, 0.29) is 0 Å². The number of ether oxygens (including phenoxy) is 3. The summed E-state index contributed by atoms with van der Waals surface area (Å²) in [5.41, 5.74) is 2.35. The molecule has 0 spiro atoms. The predicted molar refractivity (Wildman–Crippen MR) is 108 cm³/mol. The molecule has 26 heavy (non-hydrogen) atoms. The van der Waals surface area contributed by atoms with E-state index >= 15 is 0 Å². The van der Waals surface area contributed by atoms with Crippen LogP contribution in [0.4, 0.5) is 5.82 Å². The summed E-state index contributed by atoms with van der Waals surface area (Å²) >= 11 is 0. The molecule has 0 unspecified atom stereocenters. The topological polar surface area (TPSA) is 43.8 Å². The number of hydrogen-bond donors (Lipinski definition) is 0. The van der Waals surface area contributed by atoms with Crippen molar-refractivity contribution in [3.8, 4) is 5.75 Å². The highest BCUT2D eigenvalue weighted by Crippen LogP contribution is 2.26. The quantitative estimate of drug-likeness (QED) is 0.331. The van der Waals surface area contributed by atoms with Gasteiger partial charge in [0.05, 0.1) is 7.11 Å². The van der Waals surface area contributed by atoms with Crippen LogP contribution in [0.3, 0.4) is 0 Å². The van der Waals surface area contributed by atoms with Crippen molar-refractivity contribution in [1.82, 2.24) is 4.98 Å². The van der Waals surface area contributed by atoms with Gasteiger partial charge in [0, 0.05) is 45.1 Å². The smallest absolute Gasteiger partial charge is 0.146 e. The maximum Gasteiger partial charge on any atom is 0.146 e. The summed E-state index contributed by atoms with van der Waals surface area (Å²) in [6.07, 6.45) is 11.1. The van der Waals surface area contributed by atoms with Crippen LogP contribution >= 0.6 is 0 Å². The van der Waals surface area contributed by atoms with Gasteiger partial charge in [-0.3, -0.25) is 0 Å². The summed E-state index contributed by atoms with van der Waals surface area (Å²) in [7, 11) is 7.43. The lowest BCUT2D eigenvalue weighted by Crippen LogP contribution is -2.13. The Kier molecular flexibility index (Phi) is 12.1. The van der Waals surface area contributed by atoms with E-state index < -0.39 is 0 Å². The molecule has 0 aromatic carbocycles. The van der Waals surface area contributed by atoms with Crippen LogP contribution in [0.2, 0.25) is 0 Å². The highest BCUT2D eigenvalue weighted by molar-refractivity contribution is 5.48. The van der Waals surface area contributed by atoms with Crippen molar-refractivity contribution in [2.75, 3.05) is 46.6 Å². The van der Waals surface area contributed by atoms with Gasteiger partial charge >= 0.3 is 0 Å². The number of methoxy groups -OCH3 is 2. The fraction of sp³-hybridized carbons (Fsp3) is 0.762. The van der Waals surface area contributed by atoms with Crippen LogP contribution in [-0.4, -0.2) is 46.7 Å². The molecule has 0 fully saturated rings. The fourth-order valence-corrected chi connectivity index (χ4v) is 3.01. The van der Waals surface area contributed by atoms with Gasteiger partial charge in [0.25, 0.3) is 0 Å². The van der Waals surface area contributed by atoms with E-state index in [0.29, 0.717) is 6.79 Å². The molecule has 0 aliphatic heterocycles. The van der Waals surface area contributed by atoms with E-state index in [0.717, 1.165) is 31.0 Å². The number of unbranched alkanes of at least 4 members (excludes halogenated alkanes) is 7. The summed E-state index contributed by atoms with van der Waals surface area (Å²) < 4.78 is 15.7. The molecule has 1 rings (SSSR count). The Labute approximate surface area is 160 Å². The Hall–Kier alpha value is -1.33. The Morgan fingerprint density at radius 3 is 2.12 bits per heavy atom. The third-order valence-corrected chi connectivity index (χ3v) is 4.64. The highest BCUT2D eigenvalue weighted by atomic mass is 16.7. The molecule has 1 aromatic heterocycles. The van der Waals surface area contributed by atoms with Gasteiger partial charge in [0.2, 0.25) is 0 Å². The summed E-state index contributed by atoms with van der Waals surface area (Å²) in [6.45, 7) is 3.34. The van der Waals surface area contributed by atoms with Crippen molar-refractivity contribution in [2.45, 2.75) is 64.7 Å². The molecule has 0 aliphatic carbocycles. The number of anilines is 1. The molecule has 0 saturated carbocycles. The lowest BCUT2D eigenvalue weighted by Gasteiger charge is -2.17. The molecule has 0 amide bonds. The standard InChI is InChI=1S/C21H38N2O3/c1-18-19(22-21(23(2)3)16-20(18)25-5)14-12-10-8-6-7-9-11-13-15-26-17-24-4/h16H,6-15,17H2,1-5H3. The summed E-state index contributed by atoms with van der Waals surface area (Å²) in [5.74, 6) is 1.91. The maximum absolute atomic E-state index is 5.51. The fourth-order valence-electron chi connectivity index (χ4n) is 3.01. The predicted octanol–water partition coefficient (Wildman–Crippen LogP) is 4.75. The average molecular weight is 367 g/mol. The summed E-state index contributed by atoms with van der Waals surface area (Å²) in [4.78, 5) is 6.83. The Bertz CT molecular complexity index is 492.